The fraction of sp³-hybridized carbons (Fsp3) is 0.136. The zero-order valence-corrected chi connectivity index (χ0v) is 17.8. The molecule has 3 aromatic rings. The Morgan fingerprint density at radius 1 is 0.968 bits per heavy atom. The van der Waals surface area contributed by atoms with Crippen molar-refractivity contribution in [2.24, 2.45) is 0 Å². The lowest BCUT2D eigenvalue weighted by Gasteiger charge is -2.24. The van der Waals surface area contributed by atoms with E-state index < -0.39 is 27.4 Å². The molecule has 0 spiro atoms. The number of rotatable bonds is 7. The Hall–Kier alpha value is -3.72. The highest BCUT2D eigenvalue weighted by atomic mass is 32.2. The first-order valence-electron chi connectivity index (χ1n) is 9.38. The predicted octanol–water partition coefficient (Wildman–Crippen LogP) is 4.05. The SMILES string of the molecule is Cc1cccc(NC(=O)CN(c2ccc([N+](=O)[O-])cc2)S(=O)(=O)c2ccccc2)c1C. The highest BCUT2D eigenvalue weighted by Gasteiger charge is 2.27. The van der Waals surface area contributed by atoms with Gasteiger partial charge in [-0.2, -0.15) is 0 Å². The van der Waals surface area contributed by atoms with Crippen molar-refractivity contribution in [3.63, 3.8) is 0 Å². The molecule has 1 N–H and O–H groups in total. The molecule has 0 aromatic heterocycles. The fourth-order valence-corrected chi connectivity index (χ4v) is 4.42. The second kappa shape index (κ2) is 8.97. The van der Waals surface area contributed by atoms with E-state index in [1.807, 2.05) is 19.9 Å². The number of hydrogen-bond acceptors (Lipinski definition) is 5. The monoisotopic (exact) mass is 439 g/mol. The molecule has 1 amide bonds. The Labute approximate surface area is 180 Å². The molecule has 0 heterocycles. The molecule has 0 unspecified atom stereocenters. The van der Waals surface area contributed by atoms with E-state index in [0.717, 1.165) is 15.4 Å². The lowest BCUT2D eigenvalue weighted by Crippen LogP contribution is -2.38. The summed E-state index contributed by atoms with van der Waals surface area (Å²) in [6.07, 6.45) is 0. The van der Waals surface area contributed by atoms with E-state index in [9.17, 15) is 23.3 Å². The highest BCUT2D eigenvalue weighted by molar-refractivity contribution is 7.92. The number of aryl methyl sites for hydroxylation is 1. The van der Waals surface area contributed by atoms with E-state index >= 15 is 0 Å². The van der Waals surface area contributed by atoms with Crippen LogP contribution in [0.25, 0.3) is 0 Å². The number of sulfonamides is 1. The first kappa shape index (κ1) is 22.0. The van der Waals surface area contributed by atoms with Crippen LogP contribution in [0.4, 0.5) is 17.1 Å². The minimum Gasteiger partial charge on any atom is -0.324 e. The number of anilines is 2. The summed E-state index contributed by atoms with van der Waals surface area (Å²) in [5.41, 5.74) is 2.42. The fourth-order valence-electron chi connectivity index (χ4n) is 2.98. The van der Waals surface area contributed by atoms with Gasteiger partial charge < -0.3 is 5.32 Å². The van der Waals surface area contributed by atoms with Gasteiger partial charge in [-0.3, -0.25) is 19.2 Å². The Balaban J connectivity index is 1.96. The number of hydrogen-bond donors (Lipinski definition) is 1. The number of nitrogens with one attached hydrogen (secondary N) is 1. The minimum absolute atomic E-state index is 0.00730. The molecule has 8 nitrogen and oxygen atoms in total. The molecule has 0 bridgehead atoms. The lowest BCUT2D eigenvalue weighted by molar-refractivity contribution is -0.384. The van der Waals surface area contributed by atoms with Crippen molar-refractivity contribution in [2.75, 3.05) is 16.2 Å². The number of nitro groups is 1. The van der Waals surface area contributed by atoms with Crippen LogP contribution in [0.1, 0.15) is 11.1 Å². The zero-order chi connectivity index (χ0) is 22.6. The molecule has 31 heavy (non-hydrogen) atoms. The van der Waals surface area contributed by atoms with Gasteiger partial charge in [0, 0.05) is 17.8 Å². The Morgan fingerprint density at radius 3 is 2.23 bits per heavy atom. The van der Waals surface area contributed by atoms with Crippen molar-refractivity contribution >= 4 is 33.0 Å². The van der Waals surface area contributed by atoms with Gasteiger partial charge in [0.1, 0.15) is 6.54 Å². The van der Waals surface area contributed by atoms with Crippen LogP contribution in [0.15, 0.2) is 77.7 Å². The van der Waals surface area contributed by atoms with Gasteiger partial charge in [0.2, 0.25) is 5.91 Å². The molecule has 0 aliphatic rings. The number of amides is 1. The molecule has 0 atom stereocenters. The van der Waals surface area contributed by atoms with E-state index in [4.69, 9.17) is 0 Å². The summed E-state index contributed by atoms with van der Waals surface area (Å²) in [5.74, 6) is -0.536. The van der Waals surface area contributed by atoms with Crippen molar-refractivity contribution in [2.45, 2.75) is 18.7 Å². The van der Waals surface area contributed by atoms with Crippen molar-refractivity contribution in [1.82, 2.24) is 0 Å². The molecule has 0 aliphatic carbocycles. The summed E-state index contributed by atoms with van der Waals surface area (Å²) < 4.78 is 27.5. The maximum atomic E-state index is 13.3. The highest BCUT2D eigenvalue weighted by Crippen LogP contribution is 2.26. The van der Waals surface area contributed by atoms with E-state index in [1.54, 1.807) is 30.3 Å². The van der Waals surface area contributed by atoms with Gasteiger partial charge in [0.25, 0.3) is 15.7 Å². The summed E-state index contributed by atoms with van der Waals surface area (Å²) >= 11 is 0. The smallest absolute Gasteiger partial charge is 0.269 e. The lowest BCUT2D eigenvalue weighted by atomic mass is 10.1. The normalized spacial score (nSPS) is 11.0. The molecule has 0 saturated heterocycles. The molecule has 9 heteroatoms. The molecule has 160 valence electrons. The van der Waals surface area contributed by atoms with Crippen LogP contribution in [0.3, 0.4) is 0 Å². The molecule has 3 rings (SSSR count). The molecule has 0 saturated carbocycles. The number of carbonyl (C=O) groups excluding carboxylic acids is 1. The molecule has 3 aromatic carbocycles. The van der Waals surface area contributed by atoms with Crippen molar-refractivity contribution in [3.8, 4) is 0 Å². The van der Waals surface area contributed by atoms with Crippen molar-refractivity contribution < 1.29 is 18.1 Å². The van der Waals surface area contributed by atoms with Gasteiger partial charge in [-0.15, -0.1) is 0 Å². The summed E-state index contributed by atoms with van der Waals surface area (Å²) in [6, 6.07) is 18.2. The molecule has 0 radical (unpaired) electrons. The average Bonchev–Trinajstić information content (AvgIpc) is 2.76. The average molecular weight is 439 g/mol. The summed E-state index contributed by atoms with van der Waals surface area (Å²) in [6.45, 7) is 3.27. The van der Waals surface area contributed by atoms with E-state index in [0.29, 0.717) is 5.69 Å². The second-order valence-electron chi connectivity index (χ2n) is 6.89. The van der Waals surface area contributed by atoms with Crippen LogP contribution in [-0.2, 0) is 14.8 Å². The van der Waals surface area contributed by atoms with Crippen LogP contribution in [0, 0.1) is 24.0 Å². The second-order valence-corrected chi connectivity index (χ2v) is 8.76. The Kier molecular flexibility index (Phi) is 6.36. The standard InChI is InChI=1S/C22H21N3O5S/c1-16-7-6-10-21(17(16)2)23-22(26)15-24(18-11-13-19(14-12-18)25(27)28)31(29,30)20-8-4-3-5-9-20/h3-14H,15H2,1-2H3,(H,23,26). The van der Waals surface area contributed by atoms with Gasteiger partial charge >= 0.3 is 0 Å². The van der Waals surface area contributed by atoms with Crippen LogP contribution in [0.5, 0.6) is 0 Å². The van der Waals surface area contributed by atoms with E-state index in [-0.39, 0.29) is 16.3 Å². The zero-order valence-electron chi connectivity index (χ0n) is 17.0. The first-order valence-corrected chi connectivity index (χ1v) is 10.8. The number of carbonyl (C=O) groups is 1. The summed E-state index contributed by atoms with van der Waals surface area (Å²) in [7, 11) is -4.09. The molecular weight excluding hydrogens is 418 g/mol. The van der Waals surface area contributed by atoms with Gasteiger partial charge in [0.05, 0.1) is 15.5 Å². The van der Waals surface area contributed by atoms with Gasteiger partial charge in [-0.1, -0.05) is 30.3 Å². The van der Waals surface area contributed by atoms with Crippen molar-refractivity contribution in [3.05, 3.63) is 94.0 Å². The summed E-state index contributed by atoms with van der Waals surface area (Å²) in [5, 5.41) is 13.7. The Morgan fingerprint density at radius 2 is 1.61 bits per heavy atom. The predicted molar refractivity (Wildman–Crippen MR) is 119 cm³/mol. The van der Waals surface area contributed by atoms with E-state index in [1.165, 1.54) is 36.4 Å². The first-order chi connectivity index (χ1) is 14.7. The minimum atomic E-state index is -4.09. The van der Waals surface area contributed by atoms with Crippen LogP contribution in [-0.4, -0.2) is 25.8 Å². The van der Waals surface area contributed by atoms with Crippen LogP contribution in [0.2, 0.25) is 0 Å². The molecule has 0 aliphatic heterocycles. The van der Waals surface area contributed by atoms with Crippen molar-refractivity contribution in [1.29, 1.82) is 0 Å². The third-order valence-corrected chi connectivity index (χ3v) is 6.63. The topological polar surface area (TPSA) is 110 Å². The maximum Gasteiger partial charge on any atom is 0.269 e. The molecular formula is C22H21N3O5S. The number of nitro benzene ring substituents is 1. The van der Waals surface area contributed by atoms with Crippen LogP contribution >= 0.6 is 0 Å². The third-order valence-electron chi connectivity index (χ3n) is 4.85. The number of benzene rings is 3. The number of non-ortho nitro benzene ring substituents is 1. The van der Waals surface area contributed by atoms with Gasteiger partial charge in [-0.05, 0) is 55.3 Å². The van der Waals surface area contributed by atoms with Gasteiger partial charge in [-0.25, -0.2) is 8.42 Å². The van der Waals surface area contributed by atoms with E-state index in [2.05, 4.69) is 5.32 Å². The largest absolute Gasteiger partial charge is 0.324 e. The molecule has 0 fully saturated rings. The Bertz CT molecular complexity index is 1210. The maximum absolute atomic E-state index is 13.3. The van der Waals surface area contributed by atoms with Crippen LogP contribution < -0.4 is 9.62 Å². The quantitative estimate of drug-likeness (QED) is 0.441. The summed E-state index contributed by atoms with van der Waals surface area (Å²) in [4.78, 5) is 23.2. The van der Waals surface area contributed by atoms with Gasteiger partial charge in [0.15, 0.2) is 0 Å². The third kappa shape index (κ3) is 4.89. The number of nitrogens with zero attached hydrogens (tertiary/aromatic N) is 2.